The van der Waals surface area contributed by atoms with E-state index in [4.69, 9.17) is 0 Å². The lowest BCUT2D eigenvalue weighted by Crippen LogP contribution is -2.17. The Labute approximate surface area is 134 Å². The Kier molecular flexibility index (Phi) is 4.67. The number of rotatable bonds is 3. The van der Waals surface area contributed by atoms with Gasteiger partial charge in [0.2, 0.25) is 5.78 Å². The van der Waals surface area contributed by atoms with Gasteiger partial charge in [0.1, 0.15) is 11.4 Å². The first-order valence-electron chi connectivity index (χ1n) is 5.48. The lowest BCUT2D eigenvalue weighted by molar-refractivity contribution is -0.274. The third-order valence-electron chi connectivity index (χ3n) is 2.35. The number of pyridine rings is 1. The summed E-state index contributed by atoms with van der Waals surface area (Å²) in [6.45, 7) is 0. The maximum absolute atomic E-state index is 12.3. The highest BCUT2D eigenvalue weighted by molar-refractivity contribution is 9.11. The molecular formula is C13H6Br2F3NO2. The van der Waals surface area contributed by atoms with Crippen LogP contribution in [0.2, 0.25) is 0 Å². The van der Waals surface area contributed by atoms with Crippen molar-refractivity contribution in [2.24, 2.45) is 0 Å². The highest BCUT2D eigenvalue weighted by Gasteiger charge is 2.31. The monoisotopic (exact) mass is 423 g/mol. The van der Waals surface area contributed by atoms with Crippen LogP contribution in [0.3, 0.4) is 0 Å². The summed E-state index contributed by atoms with van der Waals surface area (Å²) in [4.78, 5) is 16.2. The van der Waals surface area contributed by atoms with E-state index in [1.807, 2.05) is 0 Å². The van der Waals surface area contributed by atoms with Gasteiger partial charge in [0.25, 0.3) is 0 Å². The third-order valence-corrected chi connectivity index (χ3v) is 3.39. The van der Waals surface area contributed by atoms with Gasteiger partial charge in [-0.25, -0.2) is 0 Å². The van der Waals surface area contributed by atoms with Gasteiger partial charge in [-0.05, 0) is 50.1 Å². The smallest absolute Gasteiger partial charge is 0.406 e. The molecular weight excluding hydrogens is 419 g/mol. The van der Waals surface area contributed by atoms with Crippen molar-refractivity contribution in [3.05, 3.63) is 56.7 Å². The zero-order valence-corrected chi connectivity index (χ0v) is 13.3. The molecule has 0 saturated heterocycles. The number of aromatic nitrogens is 1. The van der Waals surface area contributed by atoms with E-state index in [2.05, 4.69) is 41.6 Å². The maximum Gasteiger partial charge on any atom is 0.573 e. The van der Waals surface area contributed by atoms with Crippen LogP contribution in [0.25, 0.3) is 0 Å². The van der Waals surface area contributed by atoms with Crippen molar-refractivity contribution >= 4 is 37.6 Å². The zero-order chi connectivity index (χ0) is 15.6. The molecule has 1 aromatic heterocycles. The summed E-state index contributed by atoms with van der Waals surface area (Å²) in [6, 6.07) is 6.46. The number of carbonyl (C=O) groups is 1. The molecule has 8 heteroatoms. The second kappa shape index (κ2) is 6.15. The molecule has 0 aliphatic carbocycles. The van der Waals surface area contributed by atoms with Gasteiger partial charge in [-0.3, -0.25) is 9.78 Å². The summed E-state index contributed by atoms with van der Waals surface area (Å²) in [5.74, 6) is -0.969. The van der Waals surface area contributed by atoms with Gasteiger partial charge in [0.05, 0.1) is 0 Å². The Hall–Kier alpha value is -1.41. The van der Waals surface area contributed by atoms with Gasteiger partial charge in [-0.1, -0.05) is 12.1 Å². The average Bonchev–Trinajstić information content (AvgIpc) is 2.36. The number of ether oxygens (including phenoxy) is 1. The van der Waals surface area contributed by atoms with Gasteiger partial charge < -0.3 is 4.74 Å². The standard InChI is InChI=1S/C13H6Br2F3NO2/c14-8-5-10(15)11(19-6-8)12(20)7-2-1-3-9(4-7)21-13(16,17)18/h1-6H. The van der Waals surface area contributed by atoms with Crippen molar-refractivity contribution in [2.45, 2.75) is 6.36 Å². The van der Waals surface area contributed by atoms with Crippen molar-refractivity contribution in [2.75, 3.05) is 0 Å². The summed E-state index contributed by atoms with van der Waals surface area (Å²) >= 11 is 6.39. The summed E-state index contributed by atoms with van der Waals surface area (Å²) in [7, 11) is 0. The van der Waals surface area contributed by atoms with Gasteiger partial charge in [-0.15, -0.1) is 13.2 Å². The van der Waals surface area contributed by atoms with Crippen LogP contribution < -0.4 is 4.74 Å². The number of hydrogen-bond acceptors (Lipinski definition) is 3. The molecule has 3 nitrogen and oxygen atoms in total. The number of hydrogen-bond donors (Lipinski definition) is 0. The summed E-state index contributed by atoms with van der Waals surface area (Å²) in [5.41, 5.74) is 0.148. The quantitative estimate of drug-likeness (QED) is 0.668. The minimum absolute atomic E-state index is 0.0484. The molecule has 1 heterocycles. The van der Waals surface area contributed by atoms with Crippen LogP contribution in [0.4, 0.5) is 13.2 Å². The molecule has 2 aromatic rings. The van der Waals surface area contributed by atoms with Crippen molar-refractivity contribution in [1.82, 2.24) is 4.98 Å². The molecule has 0 spiro atoms. The topological polar surface area (TPSA) is 39.2 Å². The molecule has 0 saturated carbocycles. The molecule has 0 N–H and O–H groups in total. The van der Waals surface area contributed by atoms with Crippen LogP contribution in [0.1, 0.15) is 16.1 Å². The Morgan fingerprint density at radius 1 is 1.19 bits per heavy atom. The fourth-order valence-electron chi connectivity index (χ4n) is 1.55. The lowest BCUT2D eigenvalue weighted by Gasteiger charge is -2.10. The Morgan fingerprint density at radius 2 is 1.90 bits per heavy atom. The van der Waals surface area contributed by atoms with Crippen molar-refractivity contribution < 1.29 is 22.7 Å². The lowest BCUT2D eigenvalue weighted by atomic mass is 10.1. The second-order valence-electron chi connectivity index (χ2n) is 3.89. The largest absolute Gasteiger partial charge is 0.573 e. The normalized spacial score (nSPS) is 11.3. The third kappa shape index (κ3) is 4.28. The molecule has 110 valence electrons. The SMILES string of the molecule is O=C(c1cccc(OC(F)(F)F)c1)c1ncc(Br)cc1Br. The first-order valence-corrected chi connectivity index (χ1v) is 7.06. The van der Waals surface area contributed by atoms with E-state index in [1.165, 1.54) is 18.3 Å². The molecule has 0 atom stereocenters. The molecule has 0 unspecified atom stereocenters. The minimum Gasteiger partial charge on any atom is -0.406 e. The van der Waals surface area contributed by atoms with Crippen LogP contribution >= 0.6 is 31.9 Å². The highest BCUT2D eigenvalue weighted by atomic mass is 79.9. The van der Waals surface area contributed by atoms with Crippen LogP contribution in [0.5, 0.6) is 5.75 Å². The van der Waals surface area contributed by atoms with Gasteiger partial charge in [-0.2, -0.15) is 0 Å². The molecule has 21 heavy (non-hydrogen) atoms. The van der Waals surface area contributed by atoms with Crippen molar-refractivity contribution in [3.8, 4) is 5.75 Å². The van der Waals surface area contributed by atoms with Crippen molar-refractivity contribution in [3.63, 3.8) is 0 Å². The van der Waals surface area contributed by atoms with E-state index in [1.54, 1.807) is 6.07 Å². The number of carbonyl (C=O) groups excluding carboxylic acids is 1. The van der Waals surface area contributed by atoms with Crippen LogP contribution in [0, 0.1) is 0 Å². The first-order chi connectivity index (χ1) is 9.76. The van der Waals surface area contributed by atoms with Gasteiger partial charge in [0.15, 0.2) is 0 Å². The number of ketones is 1. The van der Waals surface area contributed by atoms with Crippen LogP contribution in [0.15, 0.2) is 45.5 Å². The molecule has 0 bridgehead atoms. The first kappa shape index (κ1) is 16.0. The van der Waals surface area contributed by atoms with E-state index in [-0.39, 0.29) is 11.3 Å². The van der Waals surface area contributed by atoms with Gasteiger partial charge >= 0.3 is 6.36 Å². The highest BCUT2D eigenvalue weighted by Crippen LogP contribution is 2.26. The Bertz CT molecular complexity index is 689. The molecule has 1 aromatic carbocycles. The molecule has 0 radical (unpaired) electrons. The van der Waals surface area contributed by atoms with E-state index < -0.39 is 17.9 Å². The van der Waals surface area contributed by atoms with Crippen LogP contribution in [-0.2, 0) is 0 Å². The number of halogens is 5. The Balaban J connectivity index is 2.33. The summed E-state index contributed by atoms with van der Waals surface area (Å²) < 4.78 is 41.4. The number of benzene rings is 1. The summed E-state index contributed by atoms with van der Waals surface area (Å²) in [5, 5.41) is 0. The molecule has 0 fully saturated rings. The summed E-state index contributed by atoms with van der Waals surface area (Å²) in [6.07, 6.45) is -3.38. The predicted octanol–water partition coefficient (Wildman–Crippen LogP) is 4.74. The van der Waals surface area contributed by atoms with Crippen LogP contribution in [-0.4, -0.2) is 17.1 Å². The zero-order valence-electron chi connectivity index (χ0n) is 10.1. The molecule has 0 aliphatic rings. The number of alkyl halides is 3. The fourth-order valence-corrected chi connectivity index (χ4v) is 2.72. The molecule has 0 aliphatic heterocycles. The fraction of sp³-hybridized carbons (Fsp3) is 0.0769. The average molecular weight is 425 g/mol. The predicted molar refractivity (Wildman–Crippen MR) is 76.2 cm³/mol. The van der Waals surface area contributed by atoms with E-state index in [0.717, 1.165) is 12.1 Å². The molecule has 0 amide bonds. The minimum atomic E-state index is -4.81. The Morgan fingerprint density at radius 3 is 2.52 bits per heavy atom. The van der Waals surface area contributed by atoms with Gasteiger partial charge in [0, 0.05) is 20.7 Å². The number of nitrogens with zero attached hydrogens (tertiary/aromatic N) is 1. The van der Waals surface area contributed by atoms with Crippen molar-refractivity contribution in [1.29, 1.82) is 0 Å². The van der Waals surface area contributed by atoms with E-state index >= 15 is 0 Å². The second-order valence-corrected chi connectivity index (χ2v) is 5.66. The van der Waals surface area contributed by atoms with E-state index in [0.29, 0.717) is 8.95 Å². The molecule has 2 rings (SSSR count). The maximum atomic E-state index is 12.3. The van der Waals surface area contributed by atoms with E-state index in [9.17, 15) is 18.0 Å².